The van der Waals surface area contributed by atoms with Crippen LogP contribution in [-0.4, -0.2) is 65.6 Å². The first kappa shape index (κ1) is 15.5. The van der Waals surface area contributed by atoms with Gasteiger partial charge in [-0.25, -0.2) is 4.98 Å². The van der Waals surface area contributed by atoms with Gasteiger partial charge < -0.3 is 14.6 Å². The Morgan fingerprint density at radius 1 is 1.50 bits per heavy atom. The Morgan fingerprint density at radius 2 is 2.32 bits per heavy atom. The summed E-state index contributed by atoms with van der Waals surface area (Å²) in [5.41, 5.74) is -0.141. The molecule has 6 nitrogen and oxygen atoms in total. The largest absolute Gasteiger partial charge is 0.385 e. The molecule has 1 aliphatic heterocycles. The molecule has 1 aromatic heterocycles. The molecule has 1 saturated carbocycles. The van der Waals surface area contributed by atoms with Gasteiger partial charge in [-0.3, -0.25) is 9.69 Å². The predicted molar refractivity (Wildman–Crippen MR) is 83.3 cm³/mol. The third-order valence-electron chi connectivity index (χ3n) is 5.11. The summed E-state index contributed by atoms with van der Waals surface area (Å²) in [6.45, 7) is 6.26. The van der Waals surface area contributed by atoms with E-state index >= 15 is 0 Å². The number of piperazine rings is 1. The van der Waals surface area contributed by atoms with E-state index in [-0.39, 0.29) is 11.5 Å². The molecule has 122 valence electrons. The fourth-order valence-electron chi connectivity index (χ4n) is 3.46. The summed E-state index contributed by atoms with van der Waals surface area (Å²) in [7, 11) is 1.70. The molecule has 1 aliphatic carbocycles. The Labute approximate surface area is 131 Å². The number of carbonyl (C=O) groups is 1. The van der Waals surface area contributed by atoms with Crippen molar-refractivity contribution < 1.29 is 9.53 Å². The lowest BCUT2D eigenvalue weighted by molar-refractivity contribution is -0.141. The van der Waals surface area contributed by atoms with E-state index in [1.165, 1.54) is 0 Å². The topological polar surface area (TPSA) is 61.5 Å². The number of nitrogens with zero attached hydrogens (tertiary/aromatic N) is 3. The molecule has 2 heterocycles. The van der Waals surface area contributed by atoms with E-state index < -0.39 is 0 Å². The molecule has 2 aliphatic rings. The van der Waals surface area contributed by atoms with Crippen LogP contribution in [0.1, 0.15) is 38.1 Å². The Morgan fingerprint density at radius 3 is 2.91 bits per heavy atom. The first-order chi connectivity index (χ1) is 10.7. The molecule has 1 aromatic rings. The maximum Gasteiger partial charge on any atom is 0.228 e. The molecular weight excluding hydrogens is 280 g/mol. The molecule has 1 saturated heterocycles. The maximum absolute atomic E-state index is 12.9. The minimum atomic E-state index is -0.141. The van der Waals surface area contributed by atoms with Gasteiger partial charge in [0.2, 0.25) is 5.91 Å². The van der Waals surface area contributed by atoms with Crippen LogP contribution in [0.25, 0.3) is 0 Å². The standard InChI is InChI=1S/C16H26N4O2/c1-3-19-9-10-20(12-13(19)14-17-7-8-18-14)15(21)16(4-5-16)6-11-22-2/h7-8,13H,3-6,9-12H2,1-2H3,(H,17,18)/t13-/m0/s1. The van der Waals surface area contributed by atoms with Crippen LogP contribution in [0.5, 0.6) is 0 Å². The second-order valence-corrected chi connectivity index (χ2v) is 6.39. The highest BCUT2D eigenvalue weighted by Crippen LogP contribution is 2.50. The van der Waals surface area contributed by atoms with Crippen LogP contribution in [0.2, 0.25) is 0 Å². The fraction of sp³-hybridized carbons (Fsp3) is 0.750. The predicted octanol–water partition coefficient (Wildman–Crippen LogP) is 1.43. The lowest BCUT2D eigenvalue weighted by Gasteiger charge is -2.41. The number of nitrogens with one attached hydrogen (secondary N) is 1. The van der Waals surface area contributed by atoms with Crippen molar-refractivity contribution in [1.29, 1.82) is 0 Å². The molecule has 3 rings (SSSR count). The van der Waals surface area contributed by atoms with Crippen molar-refractivity contribution in [3.63, 3.8) is 0 Å². The van der Waals surface area contributed by atoms with Crippen LogP contribution in [0.3, 0.4) is 0 Å². The summed E-state index contributed by atoms with van der Waals surface area (Å²) in [6.07, 6.45) is 6.50. The number of ether oxygens (including phenoxy) is 1. The highest BCUT2D eigenvalue weighted by molar-refractivity contribution is 5.85. The quantitative estimate of drug-likeness (QED) is 0.864. The molecule has 0 spiro atoms. The number of hydrogen-bond acceptors (Lipinski definition) is 4. The number of amides is 1. The zero-order chi connectivity index (χ0) is 15.6. The van der Waals surface area contributed by atoms with Gasteiger partial charge in [0, 0.05) is 45.7 Å². The average molecular weight is 306 g/mol. The number of likely N-dealkylation sites (N-methyl/N-ethyl adjacent to an activating group) is 1. The minimum absolute atomic E-state index is 0.141. The molecule has 1 amide bonds. The molecule has 0 unspecified atom stereocenters. The summed E-state index contributed by atoms with van der Waals surface area (Å²) in [5.74, 6) is 1.28. The number of hydrogen-bond donors (Lipinski definition) is 1. The van der Waals surface area contributed by atoms with Gasteiger partial charge in [-0.1, -0.05) is 6.92 Å². The second-order valence-electron chi connectivity index (χ2n) is 6.39. The van der Waals surface area contributed by atoms with Gasteiger partial charge in [0.15, 0.2) is 0 Å². The Hall–Kier alpha value is -1.40. The minimum Gasteiger partial charge on any atom is -0.385 e. The molecule has 2 fully saturated rings. The van der Waals surface area contributed by atoms with Gasteiger partial charge >= 0.3 is 0 Å². The number of aromatic nitrogens is 2. The Balaban J connectivity index is 1.69. The Bertz CT molecular complexity index is 498. The monoisotopic (exact) mass is 306 g/mol. The summed E-state index contributed by atoms with van der Waals surface area (Å²) in [6, 6.07) is 0.177. The molecule has 1 N–H and O–H groups in total. The fourth-order valence-corrected chi connectivity index (χ4v) is 3.46. The van der Waals surface area contributed by atoms with E-state index in [1.807, 2.05) is 11.1 Å². The van der Waals surface area contributed by atoms with E-state index in [2.05, 4.69) is 21.8 Å². The van der Waals surface area contributed by atoms with Crippen LogP contribution in [0.15, 0.2) is 12.4 Å². The van der Waals surface area contributed by atoms with E-state index in [9.17, 15) is 4.79 Å². The van der Waals surface area contributed by atoms with Gasteiger partial charge in [0.05, 0.1) is 11.5 Å². The SMILES string of the molecule is CCN1CCN(C(=O)C2(CCOC)CC2)C[C@H]1c1ncc[nH]1. The molecule has 0 aromatic carbocycles. The smallest absolute Gasteiger partial charge is 0.228 e. The van der Waals surface area contributed by atoms with Crippen molar-refractivity contribution in [2.45, 2.75) is 32.2 Å². The van der Waals surface area contributed by atoms with Gasteiger partial charge in [-0.2, -0.15) is 0 Å². The third kappa shape index (κ3) is 2.90. The van der Waals surface area contributed by atoms with Gasteiger partial charge in [0.1, 0.15) is 5.82 Å². The molecule has 0 radical (unpaired) electrons. The first-order valence-electron chi connectivity index (χ1n) is 8.22. The first-order valence-corrected chi connectivity index (χ1v) is 8.22. The summed E-state index contributed by atoms with van der Waals surface area (Å²) >= 11 is 0. The van der Waals surface area contributed by atoms with E-state index in [0.717, 1.165) is 51.3 Å². The van der Waals surface area contributed by atoms with Crippen molar-refractivity contribution in [1.82, 2.24) is 19.8 Å². The van der Waals surface area contributed by atoms with Crippen LogP contribution in [0, 0.1) is 5.41 Å². The van der Waals surface area contributed by atoms with Crippen LogP contribution >= 0.6 is 0 Å². The maximum atomic E-state index is 12.9. The molecule has 0 bridgehead atoms. The highest BCUT2D eigenvalue weighted by atomic mass is 16.5. The van der Waals surface area contributed by atoms with Crippen molar-refractivity contribution in [3.8, 4) is 0 Å². The zero-order valence-corrected chi connectivity index (χ0v) is 13.5. The number of aromatic amines is 1. The normalized spacial score (nSPS) is 24.5. The molecule has 22 heavy (non-hydrogen) atoms. The number of rotatable bonds is 6. The number of carbonyl (C=O) groups excluding carboxylic acids is 1. The molecule has 6 heteroatoms. The Kier molecular flexibility index (Phi) is 4.49. The number of methoxy groups -OCH3 is 1. The van der Waals surface area contributed by atoms with Crippen molar-refractivity contribution >= 4 is 5.91 Å². The van der Waals surface area contributed by atoms with Gasteiger partial charge in [-0.05, 0) is 25.8 Å². The summed E-state index contributed by atoms with van der Waals surface area (Å²) < 4.78 is 5.18. The number of imidazole rings is 1. The molecular formula is C16H26N4O2. The highest BCUT2D eigenvalue weighted by Gasteiger charge is 2.51. The lowest BCUT2D eigenvalue weighted by Crippen LogP contribution is -2.52. The van der Waals surface area contributed by atoms with E-state index in [4.69, 9.17) is 4.74 Å². The summed E-state index contributed by atoms with van der Waals surface area (Å²) in [4.78, 5) is 25.0. The zero-order valence-electron chi connectivity index (χ0n) is 13.5. The van der Waals surface area contributed by atoms with Crippen molar-refractivity contribution in [2.24, 2.45) is 5.41 Å². The van der Waals surface area contributed by atoms with Crippen LogP contribution in [0.4, 0.5) is 0 Å². The van der Waals surface area contributed by atoms with E-state index in [0.29, 0.717) is 12.5 Å². The van der Waals surface area contributed by atoms with Crippen LogP contribution in [-0.2, 0) is 9.53 Å². The summed E-state index contributed by atoms with van der Waals surface area (Å²) in [5, 5.41) is 0. The van der Waals surface area contributed by atoms with Crippen molar-refractivity contribution in [3.05, 3.63) is 18.2 Å². The van der Waals surface area contributed by atoms with Gasteiger partial charge in [0.25, 0.3) is 0 Å². The van der Waals surface area contributed by atoms with Crippen molar-refractivity contribution in [2.75, 3.05) is 39.9 Å². The number of H-pyrrole nitrogens is 1. The third-order valence-corrected chi connectivity index (χ3v) is 5.11. The molecule has 1 atom stereocenters. The average Bonchev–Trinajstić information content (AvgIpc) is 3.15. The second kappa shape index (κ2) is 6.38. The van der Waals surface area contributed by atoms with E-state index in [1.54, 1.807) is 13.3 Å². The van der Waals surface area contributed by atoms with Gasteiger partial charge in [-0.15, -0.1) is 0 Å². The van der Waals surface area contributed by atoms with Crippen LogP contribution < -0.4 is 0 Å². The lowest BCUT2D eigenvalue weighted by atomic mass is 9.99.